The van der Waals surface area contributed by atoms with Crippen molar-refractivity contribution in [1.29, 1.82) is 0 Å². The average Bonchev–Trinajstić information content (AvgIpc) is 2.21. The summed E-state index contributed by atoms with van der Waals surface area (Å²) < 4.78 is 0. The Morgan fingerprint density at radius 1 is 1.00 bits per heavy atom. The van der Waals surface area contributed by atoms with Crippen molar-refractivity contribution in [2.24, 2.45) is 0 Å². The van der Waals surface area contributed by atoms with Gasteiger partial charge in [0, 0.05) is 19.6 Å². The van der Waals surface area contributed by atoms with Gasteiger partial charge in [-0.3, -0.25) is 0 Å². The normalized spacial score (nSPS) is 10.6. The highest BCUT2D eigenvalue weighted by atomic mass is 14.9. The van der Waals surface area contributed by atoms with Crippen molar-refractivity contribution < 1.29 is 0 Å². The smallest absolute Gasteiger partial charge is 0.0211 e. The Hall–Kier alpha value is -0.860. The van der Waals surface area contributed by atoms with Crippen LogP contribution >= 0.6 is 0 Å². The number of likely N-dealkylation sites (N-methyl/N-ethyl adjacent to an activating group) is 1. The summed E-state index contributed by atoms with van der Waals surface area (Å²) in [7, 11) is 0. The third kappa shape index (κ3) is 4.02. The van der Waals surface area contributed by atoms with Gasteiger partial charge in [0.05, 0.1) is 0 Å². The second-order valence-electron chi connectivity index (χ2n) is 3.90. The molecule has 0 saturated carbocycles. The molecule has 2 N–H and O–H groups in total. The van der Waals surface area contributed by atoms with E-state index < -0.39 is 0 Å². The molecule has 0 spiro atoms. The lowest BCUT2D eigenvalue weighted by Gasteiger charge is -2.10. The molecule has 0 aliphatic rings. The van der Waals surface area contributed by atoms with Crippen LogP contribution in [0.5, 0.6) is 0 Å². The van der Waals surface area contributed by atoms with Gasteiger partial charge in [-0.2, -0.15) is 0 Å². The Bertz CT molecular complexity index is 274. The number of nitrogens with one attached hydrogen (secondary N) is 2. The van der Waals surface area contributed by atoms with E-state index in [2.05, 4.69) is 49.6 Å². The average molecular weight is 206 g/mol. The van der Waals surface area contributed by atoms with Gasteiger partial charge in [0.2, 0.25) is 0 Å². The van der Waals surface area contributed by atoms with Crippen molar-refractivity contribution in [1.82, 2.24) is 10.6 Å². The summed E-state index contributed by atoms with van der Waals surface area (Å²) >= 11 is 0. The van der Waals surface area contributed by atoms with Gasteiger partial charge >= 0.3 is 0 Å². The van der Waals surface area contributed by atoms with E-state index >= 15 is 0 Å². The first-order valence-electron chi connectivity index (χ1n) is 5.72. The van der Waals surface area contributed by atoms with Crippen LogP contribution in [0.2, 0.25) is 0 Å². The van der Waals surface area contributed by atoms with Crippen molar-refractivity contribution >= 4 is 0 Å². The van der Waals surface area contributed by atoms with Crippen LogP contribution in [-0.4, -0.2) is 19.6 Å². The fraction of sp³-hybridized carbons (Fsp3) is 0.538. The summed E-state index contributed by atoms with van der Waals surface area (Å²) in [6, 6.07) is 6.47. The summed E-state index contributed by atoms with van der Waals surface area (Å²) in [5.74, 6) is 0. The number of benzene rings is 1. The van der Waals surface area contributed by atoms with Crippen LogP contribution in [-0.2, 0) is 6.54 Å². The van der Waals surface area contributed by atoms with E-state index in [1.54, 1.807) is 0 Å². The van der Waals surface area contributed by atoms with Crippen LogP contribution in [0.15, 0.2) is 18.2 Å². The van der Waals surface area contributed by atoms with Crippen molar-refractivity contribution in [3.05, 3.63) is 34.9 Å². The minimum absolute atomic E-state index is 0.976. The lowest BCUT2D eigenvalue weighted by atomic mass is 10.0. The number of hydrogen-bond acceptors (Lipinski definition) is 2. The van der Waals surface area contributed by atoms with Crippen LogP contribution in [0.1, 0.15) is 23.6 Å². The molecule has 0 fully saturated rings. The third-order valence-electron chi connectivity index (χ3n) is 2.67. The zero-order valence-electron chi connectivity index (χ0n) is 10.1. The van der Waals surface area contributed by atoms with Crippen molar-refractivity contribution in [2.45, 2.75) is 27.3 Å². The van der Waals surface area contributed by atoms with Gasteiger partial charge in [-0.25, -0.2) is 0 Å². The zero-order chi connectivity index (χ0) is 11.1. The van der Waals surface area contributed by atoms with E-state index in [0.29, 0.717) is 0 Å². The monoisotopic (exact) mass is 206 g/mol. The minimum atomic E-state index is 0.976. The summed E-state index contributed by atoms with van der Waals surface area (Å²) in [4.78, 5) is 0. The number of hydrogen-bond donors (Lipinski definition) is 2. The molecule has 0 radical (unpaired) electrons. The molecular formula is C13H22N2. The Morgan fingerprint density at radius 3 is 2.20 bits per heavy atom. The van der Waals surface area contributed by atoms with Crippen LogP contribution in [0.4, 0.5) is 0 Å². The van der Waals surface area contributed by atoms with Gasteiger partial charge in [0.15, 0.2) is 0 Å². The van der Waals surface area contributed by atoms with Gasteiger partial charge in [-0.05, 0) is 37.1 Å². The summed E-state index contributed by atoms with van der Waals surface area (Å²) in [6.45, 7) is 10.6. The fourth-order valence-electron chi connectivity index (χ4n) is 1.69. The van der Waals surface area contributed by atoms with E-state index in [1.807, 2.05) is 0 Å². The molecule has 0 amide bonds. The predicted octanol–water partition coefficient (Wildman–Crippen LogP) is 2.00. The predicted molar refractivity (Wildman–Crippen MR) is 66.2 cm³/mol. The standard InChI is InChI=1S/C13H22N2/c1-4-14-8-9-15-10-13-11(2)6-5-7-12(13)3/h5-7,14-15H,4,8-10H2,1-3H3. The highest BCUT2D eigenvalue weighted by molar-refractivity contribution is 5.33. The van der Waals surface area contributed by atoms with Gasteiger partial charge in [-0.1, -0.05) is 25.1 Å². The highest BCUT2D eigenvalue weighted by Crippen LogP contribution is 2.12. The summed E-state index contributed by atoms with van der Waals surface area (Å²) in [6.07, 6.45) is 0. The lowest BCUT2D eigenvalue weighted by molar-refractivity contribution is 0.622. The van der Waals surface area contributed by atoms with Crippen LogP contribution in [0.3, 0.4) is 0 Å². The largest absolute Gasteiger partial charge is 0.316 e. The molecule has 1 aromatic carbocycles. The molecule has 0 aliphatic heterocycles. The molecule has 0 bridgehead atoms. The second-order valence-corrected chi connectivity index (χ2v) is 3.90. The van der Waals surface area contributed by atoms with Gasteiger partial charge in [-0.15, -0.1) is 0 Å². The molecule has 1 rings (SSSR count). The maximum absolute atomic E-state index is 3.46. The van der Waals surface area contributed by atoms with Gasteiger partial charge in [0.25, 0.3) is 0 Å². The molecule has 0 atom stereocenters. The minimum Gasteiger partial charge on any atom is -0.316 e. The SMILES string of the molecule is CCNCCNCc1c(C)cccc1C. The second kappa shape index (κ2) is 6.59. The van der Waals surface area contributed by atoms with Crippen LogP contribution in [0, 0.1) is 13.8 Å². The molecule has 2 heteroatoms. The lowest BCUT2D eigenvalue weighted by Crippen LogP contribution is -2.27. The number of aryl methyl sites for hydroxylation is 2. The van der Waals surface area contributed by atoms with E-state index in [9.17, 15) is 0 Å². The molecule has 1 aromatic rings. The highest BCUT2D eigenvalue weighted by Gasteiger charge is 2.00. The Labute approximate surface area is 93.1 Å². The first kappa shape index (κ1) is 12.2. The molecule has 15 heavy (non-hydrogen) atoms. The molecule has 0 aliphatic carbocycles. The van der Waals surface area contributed by atoms with Crippen molar-refractivity contribution in [3.8, 4) is 0 Å². The molecular weight excluding hydrogens is 184 g/mol. The topological polar surface area (TPSA) is 24.1 Å². The summed E-state index contributed by atoms with van der Waals surface area (Å²) in [5.41, 5.74) is 4.20. The Balaban J connectivity index is 2.37. The van der Waals surface area contributed by atoms with Gasteiger partial charge < -0.3 is 10.6 Å². The molecule has 0 unspecified atom stereocenters. The zero-order valence-corrected chi connectivity index (χ0v) is 10.1. The first-order chi connectivity index (χ1) is 7.25. The van der Waals surface area contributed by atoms with Crippen molar-refractivity contribution in [3.63, 3.8) is 0 Å². The Kier molecular flexibility index (Phi) is 5.37. The molecule has 0 saturated heterocycles. The van der Waals surface area contributed by atoms with Crippen LogP contribution in [0.25, 0.3) is 0 Å². The Morgan fingerprint density at radius 2 is 1.60 bits per heavy atom. The molecule has 0 heterocycles. The van der Waals surface area contributed by atoms with E-state index in [1.165, 1.54) is 16.7 Å². The third-order valence-corrected chi connectivity index (χ3v) is 2.67. The van der Waals surface area contributed by atoms with E-state index in [4.69, 9.17) is 0 Å². The molecule has 0 aromatic heterocycles. The quantitative estimate of drug-likeness (QED) is 0.696. The first-order valence-corrected chi connectivity index (χ1v) is 5.72. The van der Waals surface area contributed by atoms with Crippen molar-refractivity contribution in [2.75, 3.05) is 19.6 Å². The molecule has 84 valence electrons. The van der Waals surface area contributed by atoms with Gasteiger partial charge in [0.1, 0.15) is 0 Å². The van der Waals surface area contributed by atoms with Crippen LogP contribution < -0.4 is 10.6 Å². The summed E-state index contributed by atoms with van der Waals surface area (Å²) in [5, 5.41) is 6.76. The molecule has 2 nitrogen and oxygen atoms in total. The maximum atomic E-state index is 3.46. The van der Waals surface area contributed by atoms with E-state index in [0.717, 1.165) is 26.2 Å². The fourth-order valence-corrected chi connectivity index (χ4v) is 1.69. The maximum Gasteiger partial charge on any atom is 0.0211 e. The number of rotatable bonds is 6. The van der Waals surface area contributed by atoms with E-state index in [-0.39, 0.29) is 0 Å².